The summed E-state index contributed by atoms with van der Waals surface area (Å²) in [6.45, 7) is 1.50. The van der Waals surface area contributed by atoms with Gasteiger partial charge in [-0.3, -0.25) is 4.79 Å². The molecule has 152 valence electrons. The second-order valence-corrected chi connectivity index (χ2v) is 6.52. The van der Waals surface area contributed by atoms with Crippen molar-refractivity contribution in [1.29, 1.82) is 0 Å². The van der Waals surface area contributed by atoms with Crippen LogP contribution >= 0.6 is 0 Å². The molecule has 0 aliphatic carbocycles. The smallest absolute Gasteiger partial charge is 0.338 e. The van der Waals surface area contributed by atoms with Gasteiger partial charge in [-0.15, -0.1) is 0 Å². The maximum absolute atomic E-state index is 12.6. The minimum absolute atomic E-state index is 0.229. The molecule has 0 aliphatic heterocycles. The van der Waals surface area contributed by atoms with Crippen LogP contribution in [-0.2, 0) is 14.3 Å². The fourth-order valence-electron chi connectivity index (χ4n) is 2.84. The van der Waals surface area contributed by atoms with Crippen molar-refractivity contribution in [3.8, 4) is 11.1 Å². The molecule has 3 rings (SSSR count). The lowest BCUT2D eigenvalue weighted by Gasteiger charge is -2.16. The highest BCUT2D eigenvalue weighted by Crippen LogP contribution is 2.27. The van der Waals surface area contributed by atoms with Gasteiger partial charge in [0.1, 0.15) is 0 Å². The molecule has 0 radical (unpaired) electrons. The van der Waals surface area contributed by atoms with Crippen LogP contribution in [0.5, 0.6) is 0 Å². The number of benzene rings is 3. The Morgan fingerprint density at radius 3 is 1.97 bits per heavy atom. The van der Waals surface area contributed by atoms with E-state index in [4.69, 9.17) is 4.74 Å². The number of carbonyl (C=O) groups excluding carboxylic acids is 3. The Kier molecular flexibility index (Phi) is 6.60. The zero-order valence-corrected chi connectivity index (χ0v) is 16.6. The zero-order valence-electron chi connectivity index (χ0n) is 16.6. The molecule has 1 N–H and O–H groups in total. The number of amides is 1. The summed E-state index contributed by atoms with van der Waals surface area (Å²) in [5, 5.41) is 2.82. The largest absolute Gasteiger partial charge is 0.465 e. The van der Waals surface area contributed by atoms with E-state index in [-0.39, 0.29) is 5.56 Å². The number of para-hydroxylation sites is 1. The number of hydrogen-bond acceptors (Lipinski definition) is 5. The molecule has 0 aliphatic rings. The van der Waals surface area contributed by atoms with Gasteiger partial charge in [0.05, 0.1) is 18.2 Å². The van der Waals surface area contributed by atoms with Crippen LogP contribution in [0.15, 0.2) is 78.9 Å². The van der Waals surface area contributed by atoms with E-state index < -0.39 is 23.9 Å². The fourth-order valence-corrected chi connectivity index (χ4v) is 2.84. The van der Waals surface area contributed by atoms with Crippen LogP contribution in [0.1, 0.15) is 27.6 Å². The third-order valence-electron chi connectivity index (χ3n) is 4.46. The van der Waals surface area contributed by atoms with Crippen molar-refractivity contribution in [2.24, 2.45) is 0 Å². The molecular formula is C24H21NO5. The Labute approximate surface area is 174 Å². The van der Waals surface area contributed by atoms with Gasteiger partial charge in [-0.25, -0.2) is 9.59 Å². The highest BCUT2D eigenvalue weighted by atomic mass is 16.5. The van der Waals surface area contributed by atoms with Crippen molar-refractivity contribution in [2.75, 3.05) is 12.4 Å². The molecule has 0 bridgehead atoms. The predicted octanol–water partition coefficient (Wildman–Crippen LogP) is 4.32. The number of carbonyl (C=O) groups is 3. The lowest BCUT2D eigenvalue weighted by molar-refractivity contribution is -0.123. The normalized spacial score (nSPS) is 11.3. The molecule has 0 aromatic heterocycles. The third-order valence-corrected chi connectivity index (χ3v) is 4.46. The van der Waals surface area contributed by atoms with Gasteiger partial charge in [0.15, 0.2) is 6.10 Å². The summed E-state index contributed by atoms with van der Waals surface area (Å²) < 4.78 is 9.90. The number of ether oxygens (including phenoxy) is 2. The number of methoxy groups -OCH3 is 1. The standard InChI is InChI=1S/C24H21NO5/c1-16(30-24(28)19-14-12-18(13-15-19)23(27)29-2)22(26)25-21-11-7-6-10-20(21)17-8-4-3-5-9-17/h3-16H,1-2H3,(H,25,26). The van der Waals surface area contributed by atoms with Gasteiger partial charge in [-0.1, -0.05) is 48.5 Å². The molecule has 0 saturated carbocycles. The number of hydrogen-bond donors (Lipinski definition) is 1. The van der Waals surface area contributed by atoms with Gasteiger partial charge in [-0.2, -0.15) is 0 Å². The predicted molar refractivity (Wildman–Crippen MR) is 113 cm³/mol. The molecule has 1 amide bonds. The molecule has 0 heterocycles. The molecule has 6 nitrogen and oxygen atoms in total. The maximum Gasteiger partial charge on any atom is 0.338 e. The summed E-state index contributed by atoms with van der Waals surface area (Å²) in [6.07, 6.45) is -1.01. The van der Waals surface area contributed by atoms with Crippen LogP contribution in [0.25, 0.3) is 11.1 Å². The van der Waals surface area contributed by atoms with E-state index in [1.54, 1.807) is 6.07 Å². The molecule has 0 spiro atoms. The Hall–Kier alpha value is -3.93. The molecule has 0 fully saturated rings. The van der Waals surface area contributed by atoms with E-state index in [0.29, 0.717) is 11.3 Å². The first-order chi connectivity index (χ1) is 14.5. The molecule has 1 unspecified atom stereocenters. The van der Waals surface area contributed by atoms with Crippen molar-refractivity contribution >= 4 is 23.5 Å². The summed E-state index contributed by atoms with van der Waals surface area (Å²) >= 11 is 0. The second-order valence-electron chi connectivity index (χ2n) is 6.52. The first-order valence-electron chi connectivity index (χ1n) is 9.34. The molecule has 1 atom stereocenters. The molecule has 0 saturated heterocycles. The van der Waals surface area contributed by atoms with Gasteiger partial charge >= 0.3 is 11.9 Å². The Bertz CT molecular complexity index is 1040. The maximum atomic E-state index is 12.6. The number of nitrogens with one attached hydrogen (secondary N) is 1. The van der Waals surface area contributed by atoms with E-state index in [0.717, 1.165) is 11.1 Å². The lowest BCUT2D eigenvalue weighted by atomic mass is 10.0. The van der Waals surface area contributed by atoms with Gasteiger partial charge < -0.3 is 14.8 Å². The Morgan fingerprint density at radius 1 is 0.767 bits per heavy atom. The molecule has 30 heavy (non-hydrogen) atoms. The van der Waals surface area contributed by atoms with E-state index in [1.165, 1.54) is 38.3 Å². The summed E-state index contributed by atoms with van der Waals surface area (Å²) in [4.78, 5) is 36.4. The molecule has 3 aromatic carbocycles. The van der Waals surface area contributed by atoms with Crippen molar-refractivity contribution in [2.45, 2.75) is 13.0 Å². The van der Waals surface area contributed by atoms with Gasteiger partial charge in [0.2, 0.25) is 0 Å². The van der Waals surface area contributed by atoms with Crippen LogP contribution in [0.4, 0.5) is 5.69 Å². The van der Waals surface area contributed by atoms with E-state index in [2.05, 4.69) is 10.1 Å². The summed E-state index contributed by atoms with van der Waals surface area (Å²) in [5.74, 6) is -1.61. The van der Waals surface area contributed by atoms with Crippen molar-refractivity contribution in [1.82, 2.24) is 0 Å². The minimum Gasteiger partial charge on any atom is -0.465 e. The van der Waals surface area contributed by atoms with Crippen molar-refractivity contribution < 1.29 is 23.9 Å². The van der Waals surface area contributed by atoms with Crippen LogP contribution in [0, 0.1) is 0 Å². The number of esters is 2. The number of anilines is 1. The summed E-state index contributed by atoms with van der Waals surface area (Å²) in [7, 11) is 1.28. The van der Waals surface area contributed by atoms with Crippen molar-refractivity contribution in [3.05, 3.63) is 90.0 Å². The monoisotopic (exact) mass is 403 g/mol. The van der Waals surface area contributed by atoms with Gasteiger partial charge in [0, 0.05) is 11.3 Å². The summed E-state index contributed by atoms with van der Waals surface area (Å²) in [6, 6.07) is 22.9. The average Bonchev–Trinajstić information content (AvgIpc) is 2.79. The third kappa shape index (κ3) is 4.91. The van der Waals surface area contributed by atoms with E-state index >= 15 is 0 Å². The number of rotatable bonds is 6. The van der Waals surface area contributed by atoms with Crippen molar-refractivity contribution in [3.63, 3.8) is 0 Å². The lowest BCUT2D eigenvalue weighted by Crippen LogP contribution is -2.30. The molecule has 6 heteroatoms. The van der Waals surface area contributed by atoms with Gasteiger partial charge in [-0.05, 0) is 42.8 Å². The van der Waals surface area contributed by atoms with E-state index in [9.17, 15) is 14.4 Å². The topological polar surface area (TPSA) is 81.7 Å². The minimum atomic E-state index is -1.01. The van der Waals surface area contributed by atoms with Crippen LogP contribution < -0.4 is 5.32 Å². The van der Waals surface area contributed by atoms with Crippen LogP contribution in [-0.4, -0.2) is 31.1 Å². The van der Waals surface area contributed by atoms with Crippen LogP contribution in [0.3, 0.4) is 0 Å². The molecular weight excluding hydrogens is 382 g/mol. The summed E-state index contributed by atoms with van der Waals surface area (Å²) in [5.41, 5.74) is 3.00. The van der Waals surface area contributed by atoms with Crippen LogP contribution in [0.2, 0.25) is 0 Å². The fraction of sp³-hybridized carbons (Fsp3) is 0.125. The molecule has 3 aromatic rings. The second kappa shape index (κ2) is 9.52. The highest BCUT2D eigenvalue weighted by molar-refractivity contribution is 6.00. The van der Waals surface area contributed by atoms with E-state index in [1.807, 2.05) is 48.5 Å². The quantitative estimate of drug-likeness (QED) is 0.620. The Balaban J connectivity index is 1.67. The SMILES string of the molecule is COC(=O)c1ccc(C(=O)OC(C)C(=O)Nc2ccccc2-c2ccccc2)cc1. The van der Waals surface area contributed by atoms with Gasteiger partial charge in [0.25, 0.3) is 5.91 Å². The first kappa shape index (κ1) is 20.8. The average molecular weight is 403 g/mol. The zero-order chi connectivity index (χ0) is 21.5. The highest BCUT2D eigenvalue weighted by Gasteiger charge is 2.20. The Morgan fingerprint density at radius 2 is 1.33 bits per heavy atom. The first-order valence-corrected chi connectivity index (χ1v) is 9.34.